The van der Waals surface area contributed by atoms with Crippen LogP contribution in [-0.4, -0.2) is 30.7 Å². The molecule has 1 aliphatic heterocycles. The molecule has 3 rings (SSSR count). The SMILES string of the molecule is COc1cc([C@H](N2CC(C)(C)C(=O)N2)C(F)(F)F)cc2ccccc12. The number of nitrogens with one attached hydrogen (secondary N) is 1. The van der Waals surface area contributed by atoms with Crippen molar-refractivity contribution in [1.29, 1.82) is 0 Å². The Morgan fingerprint density at radius 3 is 2.48 bits per heavy atom. The summed E-state index contributed by atoms with van der Waals surface area (Å²) in [5.41, 5.74) is 1.51. The first kappa shape index (κ1) is 17.5. The molecule has 2 aromatic rings. The van der Waals surface area contributed by atoms with Crippen LogP contribution in [0.25, 0.3) is 10.8 Å². The normalized spacial score (nSPS) is 19.0. The van der Waals surface area contributed by atoms with Gasteiger partial charge in [-0.25, -0.2) is 5.01 Å². The molecule has 1 atom stereocenters. The highest BCUT2D eigenvalue weighted by atomic mass is 19.4. The van der Waals surface area contributed by atoms with Gasteiger partial charge in [0, 0.05) is 11.9 Å². The molecule has 0 bridgehead atoms. The molecule has 1 heterocycles. The molecule has 0 aliphatic carbocycles. The smallest absolute Gasteiger partial charge is 0.409 e. The number of amides is 1. The van der Waals surface area contributed by atoms with Crippen LogP contribution in [0.2, 0.25) is 0 Å². The molecule has 1 aliphatic rings. The number of alkyl halides is 3. The summed E-state index contributed by atoms with van der Waals surface area (Å²) in [4.78, 5) is 12.0. The molecule has 7 heteroatoms. The van der Waals surface area contributed by atoms with Crippen molar-refractivity contribution in [3.05, 3.63) is 42.0 Å². The van der Waals surface area contributed by atoms with Gasteiger partial charge in [-0.2, -0.15) is 13.2 Å². The monoisotopic (exact) mass is 352 g/mol. The second kappa shape index (κ2) is 5.91. The predicted molar refractivity (Wildman–Crippen MR) is 87.9 cm³/mol. The number of carbonyl (C=O) groups excluding carboxylic acids is 1. The molecule has 1 fully saturated rings. The lowest BCUT2D eigenvalue weighted by Gasteiger charge is -2.30. The van der Waals surface area contributed by atoms with Crippen molar-refractivity contribution in [2.24, 2.45) is 5.41 Å². The van der Waals surface area contributed by atoms with Crippen LogP contribution in [0, 0.1) is 5.41 Å². The Labute approximate surface area is 143 Å². The maximum Gasteiger partial charge on any atom is 0.409 e. The van der Waals surface area contributed by atoms with Crippen LogP contribution in [0.15, 0.2) is 36.4 Å². The quantitative estimate of drug-likeness (QED) is 0.913. The van der Waals surface area contributed by atoms with Crippen LogP contribution in [0.3, 0.4) is 0 Å². The van der Waals surface area contributed by atoms with Crippen LogP contribution in [0.5, 0.6) is 5.75 Å². The van der Waals surface area contributed by atoms with Crippen LogP contribution < -0.4 is 10.2 Å². The van der Waals surface area contributed by atoms with E-state index in [0.29, 0.717) is 11.1 Å². The van der Waals surface area contributed by atoms with Gasteiger partial charge < -0.3 is 4.74 Å². The highest BCUT2D eigenvalue weighted by molar-refractivity contribution is 5.89. The third kappa shape index (κ3) is 3.16. The average molecular weight is 352 g/mol. The minimum Gasteiger partial charge on any atom is -0.496 e. The Hall–Kier alpha value is -2.28. The highest BCUT2D eigenvalue weighted by Crippen LogP contribution is 2.42. The van der Waals surface area contributed by atoms with Crippen molar-refractivity contribution in [3.63, 3.8) is 0 Å². The molecule has 0 aromatic heterocycles. The van der Waals surface area contributed by atoms with Crippen molar-refractivity contribution in [1.82, 2.24) is 10.4 Å². The largest absolute Gasteiger partial charge is 0.496 e. The summed E-state index contributed by atoms with van der Waals surface area (Å²) in [6.07, 6.45) is -4.55. The zero-order valence-electron chi connectivity index (χ0n) is 14.1. The summed E-state index contributed by atoms with van der Waals surface area (Å²) in [6, 6.07) is 8.02. The van der Waals surface area contributed by atoms with Gasteiger partial charge in [0.1, 0.15) is 11.8 Å². The summed E-state index contributed by atoms with van der Waals surface area (Å²) in [5.74, 6) is -0.0540. The third-order valence-corrected chi connectivity index (χ3v) is 4.43. The third-order valence-electron chi connectivity index (χ3n) is 4.43. The number of halogens is 3. The Bertz CT molecular complexity index is 818. The van der Waals surface area contributed by atoms with Crippen LogP contribution in [-0.2, 0) is 4.79 Å². The van der Waals surface area contributed by atoms with E-state index in [9.17, 15) is 18.0 Å². The minimum atomic E-state index is -4.55. The molecule has 0 spiro atoms. The van der Waals surface area contributed by atoms with E-state index in [1.54, 1.807) is 38.1 Å². The summed E-state index contributed by atoms with van der Waals surface area (Å²) in [5, 5.41) is 2.35. The molecule has 2 aromatic carbocycles. The van der Waals surface area contributed by atoms with Crippen LogP contribution in [0.1, 0.15) is 25.5 Å². The number of fused-ring (bicyclic) bond motifs is 1. The standard InChI is InChI=1S/C18H19F3N2O2/c1-17(2)10-23(22-16(17)24)15(18(19,20)21)12-8-11-6-4-5-7-13(11)14(9-12)25-3/h4-9,15H,10H2,1-3H3,(H,22,24)/t15-/m0/s1. The van der Waals surface area contributed by atoms with Gasteiger partial charge in [-0.15, -0.1) is 0 Å². The van der Waals surface area contributed by atoms with E-state index in [4.69, 9.17) is 4.74 Å². The lowest BCUT2D eigenvalue weighted by Crippen LogP contribution is -2.43. The van der Waals surface area contributed by atoms with Gasteiger partial charge in [0.15, 0.2) is 0 Å². The molecule has 1 amide bonds. The lowest BCUT2D eigenvalue weighted by molar-refractivity contribution is -0.191. The zero-order chi connectivity index (χ0) is 18.4. The number of rotatable bonds is 3. The van der Waals surface area contributed by atoms with E-state index in [1.807, 2.05) is 0 Å². The molecule has 1 saturated heterocycles. The number of hydrogen-bond acceptors (Lipinski definition) is 3. The Morgan fingerprint density at radius 2 is 1.92 bits per heavy atom. The highest BCUT2D eigenvalue weighted by Gasteiger charge is 2.51. The molecule has 4 nitrogen and oxygen atoms in total. The number of hydrogen-bond donors (Lipinski definition) is 1. The van der Waals surface area contributed by atoms with Gasteiger partial charge in [-0.05, 0) is 36.9 Å². The number of nitrogens with zero attached hydrogens (tertiary/aromatic N) is 1. The van der Waals surface area contributed by atoms with E-state index in [2.05, 4.69) is 5.43 Å². The topological polar surface area (TPSA) is 41.6 Å². The Balaban J connectivity index is 2.12. The van der Waals surface area contributed by atoms with Crippen molar-refractivity contribution in [2.75, 3.05) is 13.7 Å². The fourth-order valence-electron chi connectivity index (χ4n) is 3.14. The van der Waals surface area contributed by atoms with Gasteiger partial charge in [0.05, 0.1) is 12.5 Å². The first-order chi connectivity index (χ1) is 11.6. The van der Waals surface area contributed by atoms with Crippen molar-refractivity contribution < 1.29 is 22.7 Å². The molecular formula is C18H19F3N2O2. The summed E-state index contributed by atoms with van der Waals surface area (Å²) < 4.78 is 46.8. The second-order valence-electron chi connectivity index (χ2n) is 6.84. The van der Waals surface area contributed by atoms with E-state index in [0.717, 1.165) is 10.4 Å². The van der Waals surface area contributed by atoms with Gasteiger partial charge in [-0.1, -0.05) is 24.3 Å². The molecule has 0 unspecified atom stereocenters. The maximum atomic E-state index is 13.8. The van der Waals surface area contributed by atoms with E-state index >= 15 is 0 Å². The van der Waals surface area contributed by atoms with Crippen LogP contribution in [0.4, 0.5) is 13.2 Å². The van der Waals surface area contributed by atoms with E-state index < -0.39 is 23.5 Å². The number of ether oxygens (including phenoxy) is 1. The second-order valence-corrected chi connectivity index (χ2v) is 6.84. The number of methoxy groups -OCH3 is 1. The van der Waals surface area contributed by atoms with Crippen molar-refractivity contribution >= 4 is 16.7 Å². The minimum absolute atomic E-state index is 0.0288. The summed E-state index contributed by atoms with van der Waals surface area (Å²) >= 11 is 0. The van der Waals surface area contributed by atoms with Gasteiger partial charge in [-0.3, -0.25) is 10.2 Å². The first-order valence-electron chi connectivity index (χ1n) is 7.84. The summed E-state index contributed by atoms with van der Waals surface area (Å²) in [6.45, 7) is 3.21. The molecule has 1 N–H and O–H groups in total. The zero-order valence-corrected chi connectivity index (χ0v) is 14.1. The fourth-order valence-corrected chi connectivity index (χ4v) is 3.14. The van der Waals surface area contributed by atoms with Gasteiger partial charge in [0.25, 0.3) is 0 Å². The number of carbonyl (C=O) groups is 1. The first-order valence-corrected chi connectivity index (χ1v) is 7.84. The molecular weight excluding hydrogens is 333 g/mol. The predicted octanol–water partition coefficient (Wildman–Crippen LogP) is 3.82. The average Bonchev–Trinajstić information content (AvgIpc) is 2.78. The molecule has 134 valence electrons. The number of hydrazine groups is 1. The Kier molecular flexibility index (Phi) is 4.15. The van der Waals surface area contributed by atoms with Gasteiger partial charge in [0.2, 0.25) is 5.91 Å². The Morgan fingerprint density at radius 1 is 1.24 bits per heavy atom. The molecule has 0 saturated carbocycles. The van der Waals surface area contributed by atoms with Gasteiger partial charge >= 0.3 is 6.18 Å². The maximum absolute atomic E-state index is 13.8. The van der Waals surface area contributed by atoms with E-state index in [-0.39, 0.29) is 12.1 Å². The number of benzene rings is 2. The van der Waals surface area contributed by atoms with Crippen molar-refractivity contribution in [2.45, 2.75) is 26.1 Å². The fraction of sp³-hybridized carbons (Fsp3) is 0.389. The molecule has 25 heavy (non-hydrogen) atoms. The van der Waals surface area contributed by atoms with Crippen LogP contribution >= 0.6 is 0 Å². The molecule has 0 radical (unpaired) electrons. The summed E-state index contributed by atoms with van der Waals surface area (Å²) in [7, 11) is 1.43. The van der Waals surface area contributed by atoms with Crippen molar-refractivity contribution in [3.8, 4) is 5.75 Å². The lowest BCUT2D eigenvalue weighted by atomic mass is 9.93. The van der Waals surface area contributed by atoms with E-state index in [1.165, 1.54) is 19.2 Å².